The average Bonchev–Trinajstić information content (AvgIpc) is 2.24. The Morgan fingerprint density at radius 3 is 2.59 bits per heavy atom. The largest absolute Gasteiger partial charge is 0.271 e. The number of halogens is 1. The van der Waals surface area contributed by atoms with Gasteiger partial charge in [0.15, 0.2) is 0 Å². The van der Waals surface area contributed by atoms with Crippen LogP contribution >= 0.6 is 11.6 Å². The summed E-state index contributed by atoms with van der Waals surface area (Å²) >= 11 is 6.05. The smallest absolute Gasteiger partial charge is 0.147 e. The lowest BCUT2D eigenvalue weighted by molar-refractivity contribution is 0.508. The second kappa shape index (κ2) is 6.35. The quantitative estimate of drug-likeness (QED) is 0.612. The molecule has 0 aromatic heterocycles. The summed E-state index contributed by atoms with van der Waals surface area (Å²) in [7, 11) is -2.92. The van der Waals surface area contributed by atoms with Crippen LogP contribution in [0.2, 0.25) is 5.02 Å². The second-order valence-electron chi connectivity index (χ2n) is 4.01. The van der Waals surface area contributed by atoms with Crippen LogP contribution in [0.1, 0.15) is 24.4 Å². The minimum atomic E-state index is -2.92. The highest BCUT2D eigenvalue weighted by Gasteiger charge is 2.13. The number of benzene rings is 1. The molecule has 96 valence electrons. The molecule has 1 unspecified atom stereocenters. The van der Waals surface area contributed by atoms with Crippen LogP contribution in [0.15, 0.2) is 24.3 Å². The molecule has 0 aliphatic heterocycles. The van der Waals surface area contributed by atoms with Gasteiger partial charge in [-0.15, -0.1) is 0 Å². The van der Waals surface area contributed by atoms with Gasteiger partial charge >= 0.3 is 0 Å². The third kappa shape index (κ3) is 5.04. The highest BCUT2D eigenvalue weighted by molar-refractivity contribution is 7.90. The highest BCUT2D eigenvalue weighted by atomic mass is 35.5. The van der Waals surface area contributed by atoms with Crippen molar-refractivity contribution in [1.29, 1.82) is 0 Å². The molecule has 1 aromatic carbocycles. The predicted molar refractivity (Wildman–Crippen MR) is 70.5 cm³/mol. The molecule has 0 saturated carbocycles. The van der Waals surface area contributed by atoms with Crippen molar-refractivity contribution in [1.82, 2.24) is 5.43 Å². The molecule has 0 aliphatic rings. The van der Waals surface area contributed by atoms with E-state index in [1.54, 1.807) is 6.07 Å². The normalized spacial score (nSPS) is 13.6. The van der Waals surface area contributed by atoms with Crippen molar-refractivity contribution in [3.8, 4) is 0 Å². The Bertz CT molecular complexity index is 462. The first-order valence-corrected chi connectivity index (χ1v) is 7.76. The maximum atomic E-state index is 11.0. The molecule has 3 N–H and O–H groups in total. The molecule has 1 aromatic rings. The molecular formula is C11H17ClN2O2S. The van der Waals surface area contributed by atoms with Gasteiger partial charge in [-0.2, -0.15) is 0 Å². The molecule has 0 heterocycles. The Balaban J connectivity index is 2.64. The van der Waals surface area contributed by atoms with Gasteiger partial charge in [-0.1, -0.05) is 29.8 Å². The van der Waals surface area contributed by atoms with Crippen LogP contribution in [0.3, 0.4) is 0 Å². The van der Waals surface area contributed by atoms with E-state index in [2.05, 4.69) is 5.43 Å². The van der Waals surface area contributed by atoms with Gasteiger partial charge < -0.3 is 0 Å². The lowest BCUT2D eigenvalue weighted by Gasteiger charge is -2.17. The van der Waals surface area contributed by atoms with Crippen molar-refractivity contribution in [3.63, 3.8) is 0 Å². The summed E-state index contributed by atoms with van der Waals surface area (Å²) in [6.07, 6.45) is 2.42. The van der Waals surface area contributed by atoms with E-state index in [0.29, 0.717) is 17.9 Å². The van der Waals surface area contributed by atoms with E-state index in [1.165, 1.54) is 6.26 Å². The van der Waals surface area contributed by atoms with Crippen molar-refractivity contribution in [2.75, 3.05) is 12.0 Å². The van der Waals surface area contributed by atoms with Gasteiger partial charge in [0.1, 0.15) is 9.84 Å². The maximum absolute atomic E-state index is 11.0. The van der Waals surface area contributed by atoms with Crippen molar-refractivity contribution < 1.29 is 8.42 Å². The van der Waals surface area contributed by atoms with E-state index in [1.807, 2.05) is 18.2 Å². The average molecular weight is 277 g/mol. The van der Waals surface area contributed by atoms with Crippen LogP contribution in [-0.2, 0) is 9.84 Å². The van der Waals surface area contributed by atoms with Crippen LogP contribution in [0.25, 0.3) is 0 Å². The molecule has 1 rings (SSSR count). The molecule has 0 aliphatic carbocycles. The van der Waals surface area contributed by atoms with Crippen LogP contribution < -0.4 is 11.3 Å². The molecule has 0 amide bonds. The van der Waals surface area contributed by atoms with E-state index >= 15 is 0 Å². The van der Waals surface area contributed by atoms with Gasteiger partial charge in [0, 0.05) is 23.1 Å². The van der Waals surface area contributed by atoms with E-state index in [4.69, 9.17) is 17.4 Å². The van der Waals surface area contributed by atoms with Crippen molar-refractivity contribution >= 4 is 21.4 Å². The predicted octanol–water partition coefficient (Wildman–Crippen LogP) is 1.67. The number of hydrogen-bond acceptors (Lipinski definition) is 4. The zero-order valence-corrected chi connectivity index (χ0v) is 11.3. The summed E-state index contributed by atoms with van der Waals surface area (Å²) in [6.45, 7) is 0. The zero-order chi connectivity index (χ0) is 12.9. The number of nitrogens with one attached hydrogen (secondary N) is 1. The van der Waals surface area contributed by atoms with Crippen LogP contribution in [0.4, 0.5) is 0 Å². The standard InChI is InChI=1S/C11H17ClN2O2S/c1-17(15,16)8-4-7-11(14-13)9-5-2-3-6-10(9)12/h2-3,5-6,11,14H,4,7-8,13H2,1H3. The lowest BCUT2D eigenvalue weighted by atomic mass is 10.0. The van der Waals surface area contributed by atoms with E-state index in [-0.39, 0.29) is 11.8 Å². The Morgan fingerprint density at radius 2 is 2.06 bits per heavy atom. The minimum Gasteiger partial charge on any atom is -0.271 e. The fraction of sp³-hybridized carbons (Fsp3) is 0.455. The first kappa shape index (κ1) is 14.4. The van der Waals surface area contributed by atoms with Gasteiger partial charge in [0.2, 0.25) is 0 Å². The fourth-order valence-electron chi connectivity index (χ4n) is 1.64. The summed E-state index contributed by atoms with van der Waals surface area (Å²) in [5.74, 6) is 5.63. The summed E-state index contributed by atoms with van der Waals surface area (Å²) in [4.78, 5) is 0. The van der Waals surface area contributed by atoms with Gasteiger partial charge in [-0.25, -0.2) is 8.42 Å². The van der Waals surface area contributed by atoms with Crippen LogP contribution in [-0.4, -0.2) is 20.4 Å². The summed E-state index contributed by atoms with van der Waals surface area (Å²) < 4.78 is 22.1. The Hall–Kier alpha value is -0.620. The van der Waals surface area contributed by atoms with Crippen molar-refractivity contribution in [2.24, 2.45) is 5.84 Å². The summed E-state index contributed by atoms with van der Waals surface area (Å²) in [5, 5.41) is 0.634. The summed E-state index contributed by atoms with van der Waals surface area (Å²) in [5.41, 5.74) is 3.56. The second-order valence-corrected chi connectivity index (χ2v) is 6.68. The number of sulfone groups is 1. The Kier molecular flexibility index (Phi) is 5.39. The number of rotatable bonds is 6. The molecule has 0 spiro atoms. The van der Waals surface area contributed by atoms with Gasteiger partial charge in [0.25, 0.3) is 0 Å². The minimum absolute atomic E-state index is 0.120. The molecule has 0 radical (unpaired) electrons. The number of hydrogen-bond donors (Lipinski definition) is 2. The molecule has 4 nitrogen and oxygen atoms in total. The van der Waals surface area contributed by atoms with Gasteiger partial charge in [-0.05, 0) is 24.5 Å². The lowest BCUT2D eigenvalue weighted by Crippen LogP contribution is -2.28. The fourth-order valence-corrected chi connectivity index (χ4v) is 2.59. The van der Waals surface area contributed by atoms with E-state index in [0.717, 1.165) is 5.56 Å². The van der Waals surface area contributed by atoms with Crippen LogP contribution in [0.5, 0.6) is 0 Å². The molecule has 17 heavy (non-hydrogen) atoms. The SMILES string of the molecule is CS(=O)(=O)CCCC(NN)c1ccccc1Cl. The highest BCUT2D eigenvalue weighted by Crippen LogP contribution is 2.25. The van der Waals surface area contributed by atoms with Gasteiger partial charge in [-0.3, -0.25) is 11.3 Å². The molecule has 6 heteroatoms. The molecular weight excluding hydrogens is 260 g/mol. The topological polar surface area (TPSA) is 72.2 Å². The third-order valence-electron chi connectivity index (χ3n) is 2.49. The molecule has 0 fully saturated rings. The molecule has 1 atom stereocenters. The number of nitrogens with two attached hydrogens (primary N) is 1. The summed E-state index contributed by atoms with van der Waals surface area (Å²) in [6, 6.07) is 7.27. The van der Waals surface area contributed by atoms with Gasteiger partial charge in [0.05, 0.1) is 0 Å². The third-order valence-corrected chi connectivity index (χ3v) is 3.86. The van der Waals surface area contributed by atoms with Crippen molar-refractivity contribution in [3.05, 3.63) is 34.9 Å². The van der Waals surface area contributed by atoms with E-state index in [9.17, 15) is 8.42 Å². The Labute approximate surface area is 107 Å². The van der Waals surface area contributed by atoms with E-state index < -0.39 is 9.84 Å². The maximum Gasteiger partial charge on any atom is 0.147 e. The van der Waals surface area contributed by atoms with Crippen LogP contribution in [0, 0.1) is 0 Å². The zero-order valence-electron chi connectivity index (χ0n) is 9.69. The first-order valence-electron chi connectivity index (χ1n) is 5.32. The molecule has 0 saturated heterocycles. The first-order chi connectivity index (χ1) is 7.94. The number of hydrazine groups is 1. The Morgan fingerprint density at radius 1 is 1.41 bits per heavy atom. The van der Waals surface area contributed by atoms with Crippen molar-refractivity contribution in [2.45, 2.75) is 18.9 Å². The molecule has 0 bridgehead atoms. The monoisotopic (exact) mass is 276 g/mol.